The molecule has 0 radical (unpaired) electrons. The van der Waals surface area contributed by atoms with Crippen molar-refractivity contribution < 1.29 is 9.50 Å². The van der Waals surface area contributed by atoms with E-state index in [0.29, 0.717) is 6.54 Å². The van der Waals surface area contributed by atoms with Gasteiger partial charge in [-0.3, -0.25) is 0 Å². The predicted octanol–water partition coefficient (Wildman–Crippen LogP) is 3.37. The number of phenolic OH excluding ortho intramolecular Hbond substituents is 1. The fourth-order valence-electron chi connectivity index (χ4n) is 2.54. The van der Waals surface area contributed by atoms with Gasteiger partial charge in [0.2, 0.25) is 0 Å². The third kappa shape index (κ3) is 2.96. The predicted molar refractivity (Wildman–Crippen MR) is 75.0 cm³/mol. The number of aromatic hydroxyl groups is 1. The van der Waals surface area contributed by atoms with Crippen molar-refractivity contribution in [1.29, 1.82) is 0 Å². The van der Waals surface area contributed by atoms with Crippen molar-refractivity contribution in [3.05, 3.63) is 51.0 Å². The van der Waals surface area contributed by atoms with E-state index in [9.17, 15) is 9.50 Å². The van der Waals surface area contributed by atoms with Crippen LogP contribution < -0.4 is 5.32 Å². The van der Waals surface area contributed by atoms with Crippen molar-refractivity contribution in [3.8, 4) is 5.75 Å². The van der Waals surface area contributed by atoms with E-state index >= 15 is 0 Å². The molecule has 19 heavy (non-hydrogen) atoms. The molecule has 2 N–H and O–H groups in total. The second-order valence-electron chi connectivity index (χ2n) is 4.94. The lowest BCUT2D eigenvalue weighted by molar-refractivity contribution is 0.467. The Morgan fingerprint density at radius 2 is 2.05 bits per heavy atom. The molecule has 0 bridgehead atoms. The van der Waals surface area contributed by atoms with E-state index in [4.69, 9.17) is 0 Å². The summed E-state index contributed by atoms with van der Waals surface area (Å²) in [7, 11) is 0. The molecule has 3 rings (SSSR count). The summed E-state index contributed by atoms with van der Waals surface area (Å²) in [5.74, 6) is -0.418. The Kier molecular flexibility index (Phi) is 3.53. The number of fused-ring (bicyclic) bond motifs is 1. The first-order valence-corrected chi connectivity index (χ1v) is 7.32. The minimum Gasteiger partial charge on any atom is -0.508 e. The van der Waals surface area contributed by atoms with Gasteiger partial charge < -0.3 is 10.4 Å². The van der Waals surface area contributed by atoms with Crippen LogP contribution in [0.25, 0.3) is 0 Å². The fraction of sp³-hybridized carbons (Fsp3) is 0.333. The number of aryl methyl sites for hydroxylation is 2. The van der Waals surface area contributed by atoms with Crippen molar-refractivity contribution >= 4 is 11.3 Å². The summed E-state index contributed by atoms with van der Waals surface area (Å²) in [6, 6.07) is 6.43. The highest BCUT2D eigenvalue weighted by atomic mass is 32.1. The molecule has 0 saturated heterocycles. The maximum absolute atomic E-state index is 13.1. The summed E-state index contributed by atoms with van der Waals surface area (Å²) in [6.45, 7) is 1.36. The lowest BCUT2D eigenvalue weighted by Crippen LogP contribution is -2.11. The van der Waals surface area contributed by atoms with Crippen LogP contribution in [-0.2, 0) is 25.9 Å². The van der Waals surface area contributed by atoms with Crippen molar-refractivity contribution in [2.24, 2.45) is 0 Å². The van der Waals surface area contributed by atoms with Gasteiger partial charge in [-0.1, -0.05) is 0 Å². The van der Waals surface area contributed by atoms with E-state index in [0.717, 1.165) is 18.2 Å². The van der Waals surface area contributed by atoms with Crippen LogP contribution in [0, 0.1) is 5.82 Å². The normalized spacial score (nSPS) is 13.7. The number of phenols is 1. The second kappa shape index (κ2) is 5.31. The highest BCUT2D eigenvalue weighted by Crippen LogP contribution is 2.30. The first-order valence-electron chi connectivity index (χ1n) is 6.50. The maximum Gasteiger partial charge on any atom is 0.127 e. The summed E-state index contributed by atoms with van der Waals surface area (Å²) in [6.07, 6.45) is 3.72. The van der Waals surface area contributed by atoms with E-state index in [1.165, 1.54) is 40.6 Å². The molecule has 100 valence electrons. The molecule has 1 heterocycles. The molecule has 0 atom stereocenters. The lowest BCUT2D eigenvalue weighted by atomic mass is 10.2. The van der Waals surface area contributed by atoms with Crippen LogP contribution >= 0.6 is 11.3 Å². The summed E-state index contributed by atoms with van der Waals surface area (Å²) >= 11 is 1.88. The van der Waals surface area contributed by atoms with Gasteiger partial charge >= 0.3 is 0 Å². The molecule has 0 unspecified atom stereocenters. The number of thiophene rings is 1. The lowest BCUT2D eigenvalue weighted by Gasteiger charge is -2.04. The largest absolute Gasteiger partial charge is 0.508 e. The van der Waals surface area contributed by atoms with Crippen LogP contribution in [-0.4, -0.2) is 5.11 Å². The molecule has 1 aromatic heterocycles. The van der Waals surface area contributed by atoms with Crippen molar-refractivity contribution in [3.63, 3.8) is 0 Å². The topological polar surface area (TPSA) is 32.3 Å². The van der Waals surface area contributed by atoms with Crippen LogP contribution in [0.5, 0.6) is 5.75 Å². The molecule has 0 spiro atoms. The number of halogens is 1. The molecule has 4 heteroatoms. The van der Waals surface area contributed by atoms with Gasteiger partial charge in [0.1, 0.15) is 11.6 Å². The van der Waals surface area contributed by atoms with Gasteiger partial charge in [-0.15, -0.1) is 11.3 Å². The number of benzene rings is 1. The van der Waals surface area contributed by atoms with Crippen LogP contribution in [0.4, 0.5) is 4.39 Å². The van der Waals surface area contributed by atoms with Gasteiger partial charge in [-0.25, -0.2) is 4.39 Å². The van der Waals surface area contributed by atoms with Gasteiger partial charge in [-0.05, 0) is 48.6 Å². The first-order chi connectivity index (χ1) is 9.20. The van der Waals surface area contributed by atoms with Crippen molar-refractivity contribution in [2.75, 3.05) is 0 Å². The zero-order valence-electron chi connectivity index (χ0n) is 10.6. The van der Waals surface area contributed by atoms with Gasteiger partial charge in [0.15, 0.2) is 0 Å². The molecule has 1 aliphatic rings. The molecule has 0 aliphatic heterocycles. The molecule has 1 aliphatic carbocycles. The molecule has 0 saturated carbocycles. The Bertz CT molecular complexity index is 552. The number of rotatable bonds is 4. The molecule has 0 amide bonds. The molecular weight excluding hydrogens is 261 g/mol. The van der Waals surface area contributed by atoms with E-state index < -0.39 is 5.82 Å². The third-order valence-electron chi connectivity index (χ3n) is 3.37. The standard InChI is InChI=1S/C15H16FNOS/c16-12-4-10(5-13(18)7-12)8-17-9-14-6-11-2-1-3-15(11)19-14/h4-7,17-18H,1-3,8-9H2. The zero-order chi connectivity index (χ0) is 13.2. The monoisotopic (exact) mass is 277 g/mol. The van der Waals surface area contributed by atoms with E-state index in [1.807, 2.05) is 11.3 Å². The van der Waals surface area contributed by atoms with Gasteiger partial charge in [0, 0.05) is 28.9 Å². The Morgan fingerprint density at radius 3 is 2.84 bits per heavy atom. The fourth-order valence-corrected chi connectivity index (χ4v) is 3.77. The number of hydrogen-bond acceptors (Lipinski definition) is 3. The van der Waals surface area contributed by atoms with Crippen LogP contribution in [0.3, 0.4) is 0 Å². The van der Waals surface area contributed by atoms with E-state index in [2.05, 4.69) is 11.4 Å². The Balaban J connectivity index is 1.57. The average molecular weight is 277 g/mol. The number of hydrogen-bond donors (Lipinski definition) is 2. The average Bonchev–Trinajstić information content (AvgIpc) is 2.88. The molecule has 0 fully saturated rings. The molecule has 2 nitrogen and oxygen atoms in total. The van der Waals surface area contributed by atoms with Gasteiger partial charge in [0.05, 0.1) is 0 Å². The van der Waals surface area contributed by atoms with E-state index in [-0.39, 0.29) is 5.75 Å². The summed E-state index contributed by atoms with van der Waals surface area (Å²) in [5, 5.41) is 12.6. The van der Waals surface area contributed by atoms with Gasteiger partial charge in [-0.2, -0.15) is 0 Å². The van der Waals surface area contributed by atoms with Crippen LogP contribution in [0.15, 0.2) is 24.3 Å². The third-order valence-corrected chi connectivity index (χ3v) is 4.61. The second-order valence-corrected chi connectivity index (χ2v) is 6.16. The zero-order valence-corrected chi connectivity index (χ0v) is 11.4. The summed E-state index contributed by atoms with van der Waals surface area (Å²) < 4.78 is 13.1. The maximum atomic E-state index is 13.1. The Morgan fingerprint density at radius 1 is 1.16 bits per heavy atom. The summed E-state index contributed by atoms with van der Waals surface area (Å²) in [4.78, 5) is 2.87. The molecule has 2 aromatic rings. The van der Waals surface area contributed by atoms with Gasteiger partial charge in [0.25, 0.3) is 0 Å². The Hall–Kier alpha value is -1.39. The molecule has 1 aromatic carbocycles. The Labute approximate surface area is 115 Å². The minimum atomic E-state index is -0.396. The quantitative estimate of drug-likeness (QED) is 0.898. The van der Waals surface area contributed by atoms with Crippen molar-refractivity contribution in [1.82, 2.24) is 5.32 Å². The molecular formula is C15H16FNOS. The van der Waals surface area contributed by atoms with Crippen LogP contribution in [0.1, 0.15) is 27.3 Å². The smallest absolute Gasteiger partial charge is 0.127 e. The SMILES string of the molecule is Oc1cc(F)cc(CNCc2cc3c(s2)CCC3)c1. The van der Waals surface area contributed by atoms with E-state index in [1.54, 1.807) is 6.07 Å². The van der Waals surface area contributed by atoms with Crippen LogP contribution in [0.2, 0.25) is 0 Å². The minimum absolute atomic E-state index is 0.0214. The first kappa shape index (κ1) is 12.6. The number of nitrogens with one attached hydrogen (secondary N) is 1. The summed E-state index contributed by atoms with van der Waals surface area (Å²) in [5.41, 5.74) is 2.27. The highest BCUT2D eigenvalue weighted by Gasteiger charge is 2.14. The van der Waals surface area contributed by atoms with Crippen molar-refractivity contribution in [2.45, 2.75) is 32.4 Å². The highest BCUT2D eigenvalue weighted by molar-refractivity contribution is 7.12.